The topological polar surface area (TPSA) is 44.8 Å². The first-order chi connectivity index (χ1) is 7.13. The number of esters is 1. The van der Waals surface area contributed by atoms with Crippen LogP contribution in [0.25, 0.3) is 0 Å². The van der Waals surface area contributed by atoms with Crippen LogP contribution in [0, 0.1) is 0 Å². The van der Waals surface area contributed by atoms with Crippen LogP contribution in [0.4, 0.5) is 0 Å². The highest BCUT2D eigenvalue weighted by Crippen LogP contribution is 2.21. The van der Waals surface area contributed by atoms with Crippen molar-refractivity contribution in [2.24, 2.45) is 0 Å². The van der Waals surface area contributed by atoms with Gasteiger partial charge >= 0.3 is 5.97 Å². The Hall–Kier alpha value is -0.870. The third kappa shape index (κ3) is 4.01. The fourth-order valence-corrected chi connectivity index (χ4v) is 1.37. The van der Waals surface area contributed by atoms with Gasteiger partial charge in [0, 0.05) is 18.6 Å². The maximum Gasteiger partial charge on any atom is 0.335 e. The van der Waals surface area contributed by atoms with E-state index in [0.29, 0.717) is 12.2 Å². The molecule has 2 atom stereocenters. The molecule has 1 aliphatic heterocycles. The second-order valence-corrected chi connectivity index (χ2v) is 3.57. The third-order valence-corrected chi connectivity index (χ3v) is 2.12. The van der Waals surface area contributed by atoms with Crippen molar-refractivity contribution in [2.75, 3.05) is 6.61 Å². The zero-order valence-electron chi connectivity index (χ0n) is 9.32. The van der Waals surface area contributed by atoms with E-state index in [9.17, 15) is 4.79 Å². The van der Waals surface area contributed by atoms with Crippen LogP contribution in [0.5, 0.6) is 0 Å². The molecule has 1 saturated heterocycles. The normalized spacial score (nSPS) is 26.0. The van der Waals surface area contributed by atoms with Gasteiger partial charge in [0.25, 0.3) is 0 Å². The molecule has 0 radical (unpaired) electrons. The molecule has 0 amide bonds. The first-order valence-corrected chi connectivity index (χ1v) is 5.27. The number of ether oxygens (including phenoxy) is 3. The van der Waals surface area contributed by atoms with Gasteiger partial charge in [-0.3, -0.25) is 0 Å². The lowest BCUT2D eigenvalue weighted by Gasteiger charge is -2.29. The van der Waals surface area contributed by atoms with E-state index in [-0.39, 0.29) is 6.29 Å². The molecule has 1 aliphatic rings. The molecule has 0 aliphatic carbocycles. The number of hydrogen-bond acceptors (Lipinski definition) is 4. The summed E-state index contributed by atoms with van der Waals surface area (Å²) in [6.45, 7) is 7.64. The van der Waals surface area contributed by atoms with Crippen molar-refractivity contribution in [3.05, 3.63) is 12.2 Å². The quantitative estimate of drug-likeness (QED) is 0.530. The summed E-state index contributed by atoms with van der Waals surface area (Å²) >= 11 is 0. The van der Waals surface area contributed by atoms with Gasteiger partial charge in [0.2, 0.25) is 6.29 Å². The number of rotatable bonds is 4. The van der Waals surface area contributed by atoms with Gasteiger partial charge < -0.3 is 14.2 Å². The van der Waals surface area contributed by atoms with Gasteiger partial charge in [-0.25, -0.2) is 4.79 Å². The van der Waals surface area contributed by atoms with Gasteiger partial charge in [0.05, 0.1) is 0 Å². The zero-order valence-corrected chi connectivity index (χ0v) is 9.32. The Labute approximate surface area is 90.2 Å². The summed E-state index contributed by atoms with van der Waals surface area (Å²) in [5, 5.41) is 0. The molecule has 0 saturated carbocycles. The molecule has 0 N–H and O–H groups in total. The zero-order chi connectivity index (χ0) is 11.3. The summed E-state index contributed by atoms with van der Waals surface area (Å²) in [7, 11) is 0. The summed E-state index contributed by atoms with van der Waals surface area (Å²) in [6.07, 6.45) is 1.79. The van der Waals surface area contributed by atoms with Crippen molar-refractivity contribution in [2.45, 2.75) is 45.7 Å². The van der Waals surface area contributed by atoms with Gasteiger partial charge in [-0.15, -0.1) is 0 Å². The number of carbonyl (C=O) groups excluding carboxylic acids is 1. The maximum atomic E-state index is 11.2. The van der Waals surface area contributed by atoms with Crippen LogP contribution in [0.1, 0.15) is 33.1 Å². The standard InChI is InChI=1S/C11H18O4/c1-4-13-9-6-5-7-10(14-9)15-11(12)8(2)3/h9-10H,2,4-7H2,1,3H3. The smallest absolute Gasteiger partial charge is 0.335 e. The van der Waals surface area contributed by atoms with E-state index in [2.05, 4.69) is 6.58 Å². The van der Waals surface area contributed by atoms with Crippen LogP contribution in [-0.2, 0) is 19.0 Å². The molecule has 0 aromatic heterocycles. The second-order valence-electron chi connectivity index (χ2n) is 3.57. The summed E-state index contributed by atoms with van der Waals surface area (Å²) in [5.41, 5.74) is 0.386. The molecule has 1 rings (SSSR count). The molecule has 4 nitrogen and oxygen atoms in total. The van der Waals surface area contributed by atoms with E-state index in [0.717, 1.165) is 19.3 Å². The molecule has 15 heavy (non-hydrogen) atoms. The molecule has 0 aromatic carbocycles. The Balaban J connectivity index is 2.36. The van der Waals surface area contributed by atoms with Crippen molar-refractivity contribution >= 4 is 5.97 Å². The molecule has 4 heteroatoms. The van der Waals surface area contributed by atoms with Crippen LogP contribution in [0.3, 0.4) is 0 Å². The van der Waals surface area contributed by atoms with Crippen molar-refractivity contribution in [1.29, 1.82) is 0 Å². The first-order valence-electron chi connectivity index (χ1n) is 5.27. The molecule has 0 aromatic rings. The lowest BCUT2D eigenvalue weighted by Crippen LogP contribution is -2.33. The van der Waals surface area contributed by atoms with Gasteiger partial charge in [0.15, 0.2) is 6.29 Å². The minimum atomic E-state index is -0.487. The molecule has 1 fully saturated rings. The number of carbonyl (C=O) groups is 1. The highest BCUT2D eigenvalue weighted by molar-refractivity contribution is 5.86. The molecular formula is C11H18O4. The van der Waals surface area contributed by atoms with E-state index >= 15 is 0 Å². The van der Waals surface area contributed by atoms with Crippen LogP contribution in [0.15, 0.2) is 12.2 Å². The Kier molecular flexibility index (Phi) is 4.78. The summed E-state index contributed by atoms with van der Waals surface area (Å²) in [4.78, 5) is 11.2. The van der Waals surface area contributed by atoms with Crippen molar-refractivity contribution in [3.63, 3.8) is 0 Å². The van der Waals surface area contributed by atoms with Crippen LogP contribution >= 0.6 is 0 Å². The largest absolute Gasteiger partial charge is 0.432 e. The molecule has 1 heterocycles. The predicted octanol–water partition coefficient (Wildman–Crippen LogP) is 1.99. The minimum Gasteiger partial charge on any atom is -0.432 e. The lowest BCUT2D eigenvalue weighted by molar-refractivity contribution is -0.257. The van der Waals surface area contributed by atoms with E-state index in [1.165, 1.54) is 0 Å². The van der Waals surface area contributed by atoms with Crippen molar-refractivity contribution in [1.82, 2.24) is 0 Å². The summed E-state index contributed by atoms with van der Waals surface area (Å²) in [6, 6.07) is 0. The minimum absolute atomic E-state index is 0.244. The van der Waals surface area contributed by atoms with Crippen LogP contribution < -0.4 is 0 Å². The average molecular weight is 214 g/mol. The maximum absolute atomic E-state index is 11.2. The first kappa shape index (κ1) is 12.2. The molecule has 2 unspecified atom stereocenters. The highest BCUT2D eigenvalue weighted by Gasteiger charge is 2.25. The molecular weight excluding hydrogens is 196 g/mol. The fraction of sp³-hybridized carbons (Fsp3) is 0.727. The van der Waals surface area contributed by atoms with Gasteiger partial charge in [-0.2, -0.15) is 0 Å². The van der Waals surface area contributed by atoms with Crippen LogP contribution in [0.2, 0.25) is 0 Å². The van der Waals surface area contributed by atoms with E-state index in [1.54, 1.807) is 6.92 Å². The summed E-state index contributed by atoms with van der Waals surface area (Å²) < 4.78 is 15.8. The average Bonchev–Trinajstić information content (AvgIpc) is 2.18. The van der Waals surface area contributed by atoms with Crippen LogP contribution in [-0.4, -0.2) is 25.2 Å². The monoisotopic (exact) mass is 214 g/mol. The SMILES string of the molecule is C=C(C)C(=O)OC1CCCC(OCC)O1. The Morgan fingerprint density at radius 2 is 2.13 bits per heavy atom. The molecule has 0 spiro atoms. The van der Waals surface area contributed by atoms with E-state index < -0.39 is 12.3 Å². The van der Waals surface area contributed by atoms with Crippen molar-refractivity contribution in [3.8, 4) is 0 Å². The predicted molar refractivity (Wildman–Crippen MR) is 55.0 cm³/mol. The van der Waals surface area contributed by atoms with Crippen molar-refractivity contribution < 1.29 is 19.0 Å². The Morgan fingerprint density at radius 1 is 1.47 bits per heavy atom. The molecule has 86 valence electrons. The van der Waals surface area contributed by atoms with E-state index in [4.69, 9.17) is 14.2 Å². The van der Waals surface area contributed by atoms with Gasteiger partial charge in [-0.1, -0.05) is 6.58 Å². The lowest BCUT2D eigenvalue weighted by atomic mass is 10.2. The van der Waals surface area contributed by atoms with Gasteiger partial charge in [-0.05, 0) is 26.7 Å². The molecule has 0 bridgehead atoms. The van der Waals surface area contributed by atoms with Gasteiger partial charge in [0.1, 0.15) is 0 Å². The highest BCUT2D eigenvalue weighted by atomic mass is 16.8. The fourth-order valence-electron chi connectivity index (χ4n) is 1.37. The Morgan fingerprint density at radius 3 is 2.73 bits per heavy atom. The summed E-state index contributed by atoms with van der Waals surface area (Å²) in [5.74, 6) is -0.405. The second kappa shape index (κ2) is 5.88. The number of hydrogen-bond donors (Lipinski definition) is 0. The van der Waals surface area contributed by atoms with E-state index in [1.807, 2.05) is 6.92 Å². The Bertz CT molecular complexity index is 235. The third-order valence-electron chi connectivity index (χ3n) is 2.12.